The van der Waals surface area contributed by atoms with Gasteiger partial charge in [-0.25, -0.2) is 9.59 Å². The first-order chi connectivity index (χ1) is 15.7. The Labute approximate surface area is 187 Å². The van der Waals surface area contributed by atoms with Crippen LogP contribution in [0.5, 0.6) is 0 Å². The summed E-state index contributed by atoms with van der Waals surface area (Å²) in [4.78, 5) is 57.8. The Hall–Kier alpha value is -4.61. The van der Waals surface area contributed by atoms with E-state index in [4.69, 9.17) is 0 Å². The van der Waals surface area contributed by atoms with Gasteiger partial charge >= 0.3 is 11.9 Å². The number of ether oxygens (including phenoxy) is 2. The lowest BCUT2D eigenvalue weighted by molar-refractivity contribution is -0.394. The maximum absolute atomic E-state index is 12.8. The first-order valence-corrected chi connectivity index (χ1v) is 9.33. The van der Waals surface area contributed by atoms with Crippen molar-refractivity contribution < 1.29 is 33.7 Å². The number of nitro groups is 2. The van der Waals surface area contributed by atoms with E-state index in [-0.39, 0.29) is 5.56 Å². The van der Waals surface area contributed by atoms with Crippen molar-refractivity contribution in [3.05, 3.63) is 91.7 Å². The Morgan fingerprint density at radius 3 is 2.21 bits per heavy atom. The third-order valence-electron chi connectivity index (χ3n) is 4.48. The van der Waals surface area contributed by atoms with Gasteiger partial charge in [-0.3, -0.25) is 25.0 Å². The van der Waals surface area contributed by atoms with Crippen LogP contribution in [0.2, 0.25) is 0 Å². The molecule has 2 aromatic carbocycles. The van der Waals surface area contributed by atoms with Crippen molar-refractivity contribution >= 4 is 29.1 Å². The molecule has 0 spiro atoms. The summed E-state index contributed by atoms with van der Waals surface area (Å²) >= 11 is 0. The number of carbonyl (C=O) groups is 3. The lowest BCUT2D eigenvalue weighted by Crippen LogP contribution is -2.29. The number of Topliss-reactive ketones (excluding diaryl/α,β-unsaturated/α-hetero) is 1. The van der Waals surface area contributed by atoms with Crippen LogP contribution in [0.4, 0.5) is 11.4 Å². The molecule has 12 nitrogen and oxygen atoms in total. The third-order valence-corrected chi connectivity index (χ3v) is 4.48. The van der Waals surface area contributed by atoms with E-state index in [9.17, 15) is 34.6 Å². The summed E-state index contributed by atoms with van der Waals surface area (Å²) in [6.45, 7) is 0. The summed E-state index contributed by atoms with van der Waals surface area (Å²) in [6, 6.07) is 9.69. The van der Waals surface area contributed by atoms with Crippen molar-refractivity contribution in [2.75, 3.05) is 14.2 Å². The predicted octanol–water partition coefficient (Wildman–Crippen LogP) is 2.64. The van der Waals surface area contributed by atoms with Gasteiger partial charge in [-0.1, -0.05) is 30.3 Å². The van der Waals surface area contributed by atoms with E-state index in [1.807, 2.05) is 0 Å². The molecular weight excluding hydrogens is 438 g/mol. The molecule has 0 aliphatic rings. The van der Waals surface area contributed by atoms with Crippen molar-refractivity contribution in [1.29, 1.82) is 0 Å². The van der Waals surface area contributed by atoms with Crippen LogP contribution in [0, 0.1) is 20.2 Å². The summed E-state index contributed by atoms with van der Waals surface area (Å²) in [7, 11) is 2.12. The molecule has 1 atom stereocenters. The highest BCUT2D eigenvalue weighted by Crippen LogP contribution is 2.32. The largest absolute Gasteiger partial charge is 0.466 e. The average molecular weight is 457 g/mol. The van der Waals surface area contributed by atoms with Gasteiger partial charge < -0.3 is 14.8 Å². The van der Waals surface area contributed by atoms with Crippen molar-refractivity contribution in [3.63, 3.8) is 0 Å². The number of rotatable bonds is 10. The number of benzene rings is 2. The van der Waals surface area contributed by atoms with Gasteiger partial charge in [-0.15, -0.1) is 0 Å². The van der Waals surface area contributed by atoms with E-state index in [0.717, 1.165) is 38.5 Å². The second kappa shape index (κ2) is 11.1. The highest BCUT2D eigenvalue weighted by molar-refractivity contribution is 5.97. The zero-order valence-corrected chi connectivity index (χ0v) is 17.5. The number of ketones is 1. The van der Waals surface area contributed by atoms with E-state index < -0.39 is 57.1 Å². The van der Waals surface area contributed by atoms with Crippen molar-refractivity contribution in [3.8, 4) is 0 Å². The van der Waals surface area contributed by atoms with E-state index in [2.05, 4.69) is 14.8 Å². The fraction of sp³-hybridized carbons (Fsp3) is 0.190. The molecule has 172 valence electrons. The summed E-state index contributed by atoms with van der Waals surface area (Å²) in [5.41, 5.74) is -1.43. The molecule has 2 rings (SSSR count). The van der Waals surface area contributed by atoms with Crippen LogP contribution < -0.4 is 5.32 Å². The van der Waals surface area contributed by atoms with Gasteiger partial charge in [0.2, 0.25) is 0 Å². The molecule has 0 amide bonds. The maximum atomic E-state index is 12.8. The number of non-ortho nitro benzene ring substituents is 1. The molecule has 1 N–H and O–H groups in total. The fourth-order valence-corrected chi connectivity index (χ4v) is 2.90. The van der Waals surface area contributed by atoms with Crippen molar-refractivity contribution in [2.24, 2.45) is 0 Å². The minimum Gasteiger partial charge on any atom is -0.466 e. The van der Waals surface area contributed by atoms with E-state index in [0.29, 0.717) is 5.56 Å². The minimum absolute atomic E-state index is 0.116. The van der Waals surface area contributed by atoms with E-state index in [1.165, 1.54) is 12.1 Å². The Morgan fingerprint density at radius 1 is 1.00 bits per heavy atom. The molecule has 1 unspecified atom stereocenters. The number of hydrogen-bond donors (Lipinski definition) is 1. The molecule has 0 aliphatic heterocycles. The van der Waals surface area contributed by atoms with Gasteiger partial charge in [0.05, 0.1) is 47.8 Å². The molecule has 0 radical (unpaired) electrons. The second-order valence-electron chi connectivity index (χ2n) is 6.52. The zero-order chi connectivity index (χ0) is 24.5. The zero-order valence-electron chi connectivity index (χ0n) is 17.5. The summed E-state index contributed by atoms with van der Waals surface area (Å²) < 4.78 is 9.13. The van der Waals surface area contributed by atoms with Crippen LogP contribution in [0.1, 0.15) is 28.4 Å². The molecule has 0 aliphatic carbocycles. The SMILES string of the molecule is COC(=O)/C=C(\NC(CC(=O)c1ccccc1)c1ccc([N+](=O)[O-])cc1[N+](=O)[O-])C(=O)OC. The molecule has 0 saturated heterocycles. The van der Waals surface area contributed by atoms with Gasteiger partial charge in [-0.05, 0) is 6.07 Å². The van der Waals surface area contributed by atoms with Crippen LogP contribution >= 0.6 is 0 Å². The maximum Gasteiger partial charge on any atom is 0.354 e. The lowest BCUT2D eigenvalue weighted by Gasteiger charge is -2.21. The van der Waals surface area contributed by atoms with Gasteiger partial charge in [-0.2, -0.15) is 0 Å². The van der Waals surface area contributed by atoms with Crippen LogP contribution in [-0.2, 0) is 19.1 Å². The Bertz CT molecular complexity index is 1110. The number of nitrogens with zero attached hydrogens (tertiary/aromatic N) is 2. The lowest BCUT2D eigenvalue weighted by atomic mass is 9.96. The molecule has 0 saturated carbocycles. The topological polar surface area (TPSA) is 168 Å². The summed E-state index contributed by atoms with van der Waals surface area (Å²) in [6.07, 6.45) is 0.376. The molecule has 0 fully saturated rings. The minimum atomic E-state index is -1.23. The first-order valence-electron chi connectivity index (χ1n) is 9.33. The van der Waals surface area contributed by atoms with E-state index in [1.54, 1.807) is 18.2 Å². The smallest absolute Gasteiger partial charge is 0.354 e. The molecule has 2 aromatic rings. The molecule has 0 heterocycles. The van der Waals surface area contributed by atoms with Crippen molar-refractivity contribution in [2.45, 2.75) is 12.5 Å². The first kappa shape index (κ1) is 24.7. The van der Waals surface area contributed by atoms with E-state index >= 15 is 0 Å². The van der Waals surface area contributed by atoms with Gasteiger partial charge in [0.25, 0.3) is 11.4 Å². The molecule has 12 heteroatoms. The normalized spacial score (nSPS) is 11.8. The summed E-state index contributed by atoms with van der Waals surface area (Å²) in [5.74, 6) is -2.36. The predicted molar refractivity (Wildman–Crippen MR) is 113 cm³/mol. The number of methoxy groups -OCH3 is 2. The fourth-order valence-electron chi connectivity index (χ4n) is 2.90. The monoisotopic (exact) mass is 457 g/mol. The Morgan fingerprint density at radius 2 is 1.67 bits per heavy atom. The quantitative estimate of drug-likeness (QED) is 0.184. The van der Waals surface area contributed by atoms with Crippen molar-refractivity contribution in [1.82, 2.24) is 5.32 Å². The Balaban J connectivity index is 2.59. The highest BCUT2D eigenvalue weighted by atomic mass is 16.6. The number of nitro benzene ring substituents is 2. The molecular formula is C21H19N3O9. The van der Waals surface area contributed by atoms with Gasteiger partial charge in [0.15, 0.2) is 5.78 Å². The van der Waals surface area contributed by atoms with Gasteiger partial charge in [0, 0.05) is 18.1 Å². The Kier molecular flexibility index (Phi) is 8.32. The van der Waals surface area contributed by atoms with Crippen LogP contribution in [0.3, 0.4) is 0 Å². The number of hydrogen-bond acceptors (Lipinski definition) is 10. The van der Waals surface area contributed by atoms with Gasteiger partial charge in [0.1, 0.15) is 5.70 Å². The molecule has 33 heavy (non-hydrogen) atoms. The number of carbonyl (C=O) groups excluding carboxylic acids is 3. The second-order valence-corrected chi connectivity index (χ2v) is 6.52. The summed E-state index contributed by atoms with van der Waals surface area (Å²) in [5, 5.41) is 25.3. The number of nitrogens with one attached hydrogen (secondary N) is 1. The van der Waals surface area contributed by atoms with Crippen LogP contribution in [0.15, 0.2) is 60.3 Å². The highest BCUT2D eigenvalue weighted by Gasteiger charge is 2.29. The average Bonchev–Trinajstić information content (AvgIpc) is 2.82. The van der Waals surface area contributed by atoms with Crippen LogP contribution in [0.25, 0.3) is 0 Å². The van der Waals surface area contributed by atoms with Crippen LogP contribution in [-0.4, -0.2) is 41.8 Å². The molecule has 0 aromatic heterocycles. The number of esters is 2. The third kappa shape index (κ3) is 6.43. The molecule has 0 bridgehead atoms. The standard InChI is InChI=1S/C21H19N3O9/c1-32-20(26)12-17(21(27)33-2)22-16(11-19(25)13-6-4-3-5-7-13)15-9-8-14(23(28)29)10-18(15)24(30)31/h3-10,12,16,22H,11H2,1-2H3/b17-12-.